The molecule has 3 aliphatic rings. The number of pyridine rings is 2. The average Bonchev–Trinajstić information content (AvgIpc) is 3.25. The molecule has 10 heteroatoms. The minimum Gasteiger partial charge on any atom is -0.450 e. The Morgan fingerprint density at radius 1 is 1.15 bits per heavy atom. The van der Waals surface area contributed by atoms with Crippen molar-refractivity contribution in [2.45, 2.75) is 32.2 Å². The van der Waals surface area contributed by atoms with Crippen LogP contribution in [-0.4, -0.2) is 77.8 Å². The molecule has 1 atom stereocenters. The monoisotopic (exact) mass is 475 g/mol. The van der Waals surface area contributed by atoms with Crippen molar-refractivity contribution in [2.75, 3.05) is 50.8 Å². The lowest BCUT2D eigenvalue weighted by molar-refractivity contribution is -0.00294. The number of hydrogen-bond donors (Lipinski definition) is 0. The van der Waals surface area contributed by atoms with Crippen LogP contribution in [-0.2, 0) is 4.74 Å². The van der Waals surface area contributed by atoms with Gasteiger partial charge in [-0.05, 0) is 32.3 Å². The van der Waals surface area contributed by atoms with Crippen LogP contribution in [0.1, 0.15) is 26.2 Å². The van der Waals surface area contributed by atoms with Crippen LogP contribution in [0, 0.1) is 22.9 Å². The van der Waals surface area contributed by atoms with E-state index >= 15 is 0 Å². The Kier molecular flexibility index (Phi) is 6.09. The summed E-state index contributed by atoms with van der Waals surface area (Å²) in [6, 6.07) is 2.31. The minimum absolute atomic E-state index is 0.0400. The van der Waals surface area contributed by atoms with Crippen LogP contribution in [0.5, 0.6) is 0 Å². The van der Waals surface area contributed by atoms with Gasteiger partial charge in [0.25, 0.3) is 0 Å². The second-order valence-corrected chi connectivity index (χ2v) is 9.45. The molecule has 4 heterocycles. The molecule has 2 aromatic heterocycles. The zero-order chi connectivity index (χ0) is 23.9. The van der Waals surface area contributed by atoms with Crippen molar-refractivity contribution in [1.29, 1.82) is 0 Å². The third kappa shape index (κ3) is 4.19. The van der Waals surface area contributed by atoms with E-state index in [1.807, 2.05) is 11.8 Å². The van der Waals surface area contributed by atoms with E-state index in [1.54, 1.807) is 4.90 Å². The normalized spacial score (nSPS) is 22.2. The SMILES string of the molecule is CCOC(=O)N1CC2(CC[C@@H](N3CCN(c4nccc(F)c4-c4ncc(F)cc4F)CC3)C2)C1. The number of halogens is 3. The number of amides is 1. The van der Waals surface area contributed by atoms with Crippen LogP contribution in [0.4, 0.5) is 23.8 Å². The molecule has 0 bridgehead atoms. The van der Waals surface area contributed by atoms with Gasteiger partial charge in [-0.25, -0.2) is 27.9 Å². The number of hydrogen-bond acceptors (Lipinski definition) is 6. The molecule has 34 heavy (non-hydrogen) atoms. The molecule has 1 saturated carbocycles. The Labute approximate surface area is 196 Å². The molecule has 182 valence electrons. The molecule has 0 aromatic carbocycles. The number of piperazine rings is 1. The fourth-order valence-electron chi connectivity index (χ4n) is 5.67. The standard InChI is InChI=1S/C24H28F3N5O2/c1-2-34-23(33)32-14-24(15-32)5-3-17(12-24)30-7-9-31(10-8-30)22-20(18(26)4-6-28-22)21-19(27)11-16(25)13-29-21/h4,6,11,13,17H,2-3,5,7-10,12,14-15H2,1H3/t17-/m1/s1. The molecule has 0 radical (unpaired) electrons. The van der Waals surface area contributed by atoms with E-state index in [-0.39, 0.29) is 22.8 Å². The van der Waals surface area contributed by atoms with Crippen LogP contribution >= 0.6 is 0 Å². The molecule has 0 N–H and O–H groups in total. The Morgan fingerprint density at radius 3 is 2.62 bits per heavy atom. The van der Waals surface area contributed by atoms with Crippen molar-refractivity contribution in [3.05, 3.63) is 42.0 Å². The number of aromatic nitrogens is 2. The van der Waals surface area contributed by atoms with Crippen molar-refractivity contribution in [1.82, 2.24) is 19.8 Å². The fraction of sp³-hybridized carbons (Fsp3) is 0.542. The third-order valence-electron chi connectivity index (χ3n) is 7.31. The molecule has 2 saturated heterocycles. The van der Waals surface area contributed by atoms with Gasteiger partial charge in [0.15, 0.2) is 5.82 Å². The fourth-order valence-corrected chi connectivity index (χ4v) is 5.67. The van der Waals surface area contributed by atoms with Gasteiger partial charge in [-0.2, -0.15) is 0 Å². The summed E-state index contributed by atoms with van der Waals surface area (Å²) >= 11 is 0. The summed E-state index contributed by atoms with van der Waals surface area (Å²) in [4.78, 5) is 26.2. The van der Waals surface area contributed by atoms with Crippen LogP contribution in [0.25, 0.3) is 11.3 Å². The first kappa shape index (κ1) is 22.9. The van der Waals surface area contributed by atoms with Gasteiger partial charge >= 0.3 is 6.09 Å². The molecular formula is C24H28F3N5O2. The predicted octanol–water partition coefficient (Wildman–Crippen LogP) is 3.69. The molecule has 2 aliphatic heterocycles. The zero-order valence-corrected chi connectivity index (χ0v) is 19.1. The Hall–Kier alpha value is -2.88. The van der Waals surface area contributed by atoms with Crippen molar-refractivity contribution in [2.24, 2.45) is 5.41 Å². The molecular weight excluding hydrogens is 447 g/mol. The summed E-state index contributed by atoms with van der Waals surface area (Å²) in [6.45, 7) is 6.51. The highest BCUT2D eigenvalue weighted by Crippen LogP contribution is 2.47. The van der Waals surface area contributed by atoms with Gasteiger partial charge in [0.05, 0.1) is 18.4 Å². The topological polar surface area (TPSA) is 61.8 Å². The van der Waals surface area contributed by atoms with Crippen molar-refractivity contribution >= 4 is 11.9 Å². The second-order valence-electron chi connectivity index (χ2n) is 9.45. The first-order valence-corrected chi connectivity index (χ1v) is 11.8. The lowest BCUT2D eigenvalue weighted by Crippen LogP contribution is -2.58. The maximum absolute atomic E-state index is 14.7. The van der Waals surface area contributed by atoms with E-state index in [9.17, 15) is 18.0 Å². The van der Waals surface area contributed by atoms with Crippen LogP contribution in [0.2, 0.25) is 0 Å². The lowest BCUT2D eigenvalue weighted by atomic mass is 9.78. The van der Waals surface area contributed by atoms with Gasteiger partial charge in [-0.1, -0.05) is 0 Å². The first-order valence-electron chi connectivity index (χ1n) is 11.8. The number of ether oxygens (including phenoxy) is 1. The minimum atomic E-state index is -0.916. The molecule has 1 amide bonds. The smallest absolute Gasteiger partial charge is 0.409 e. The van der Waals surface area contributed by atoms with Crippen LogP contribution in [0.3, 0.4) is 0 Å². The molecule has 1 aliphatic carbocycles. The average molecular weight is 476 g/mol. The number of rotatable bonds is 4. The number of likely N-dealkylation sites (tertiary alicyclic amines) is 1. The van der Waals surface area contributed by atoms with Crippen LogP contribution in [0.15, 0.2) is 24.5 Å². The molecule has 5 rings (SSSR count). The van der Waals surface area contributed by atoms with Crippen molar-refractivity contribution < 1.29 is 22.7 Å². The van der Waals surface area contributed by atoms with Gasteiger partial charge in [-0.3, -0.25) is 4.90 Å². The van der Waals surface area contributed by atoms with Crippen molar-refractivity contribution in [3.63, 3.8) is 0 Å². The summed E-state index contributed by atoms with van der Waals surface area (Å²) in [7, 11) is 0. The quantitative estimate of drug-likeness (QED) is 0.672. The highest BCUT2D eigenvalue weighted by molar-refractivity contribution is 5.74. The first-order chi connectivity index (χ1) is 16.4. The van der Waals surface area contributed by atoms with Gasteiger partial charge in [0, 0.05) is 63.0 Å². The maximum Gasteiger partial charge on any atom is 0.409 e. The molecule has 2 aromatic rings. The summed E-state index contributed by atoms with van der Waals surface area (Å²) in [5.41, 5.74) is -0.0856. The lowest BCUT2D eigenvalue weighted by Gasteiger charge is -2.48. The zero-order valence-electron chi connectivity index (χ0n) is 19.1. The van der Waals surface area contributed by atoms with Gasteiger partial charge in [-0.15, -0.1) is 0 Å². The summed E-state index contributed by atoms with van der Waals surface area (Å²) < 4.78 is 47.6. The van der Waals surface area contributed by atoms with Gasteiger partial charge < -0.3 is 14.5 Å². The number of carbonyl (C=O) groups is 1. The number of nitrogens with zero attached hydrogens (tertiary/aromatic N) is 5. The Balaban J connectivity index is 1.23. The predicted molar refractivity (Wildman–Crippen MR) is 120 cm³/mol. The molecule has 3 fully saturated rings. The highest BCUT2D eigenvalue weighted by atomic mass is 19.1. The van der Waals surface area contributed by atoms with E-state index in [0.29, 0.717) is 37.6 Å². The largest absolute Gasteiger partial charge is 0.450 e. The number of carbonyl (C=O) groups excluding carboxylic acids is 1. The van der Waals surface area contributed by atoms with Crippen molar-refractivity contribution in [3.8, 4) is 11.3 Å². The van der Waals surface area contributed by atoms with E-state index in [4.69, 9.17) is 4.74 Å². The third-order valence-corrected chi connectivity index (χ3v) is 7.31. The van der Waals surface area contributed by atoms with Crippen LogP contribution < -0.4 is 4.90 Å². The Morgan fingerprint density at radius 2 is 1.91 bits per heavy atom. The van der Waals surface area contributed by atoms with Gasteiger partial charge in [0.2, 0.25) is 0 Å². The second kappa shape index (κ2) is 9.05. The summed E-state index contributed by atoms with van der Waals surface area (Å²) in [5.74, 6) is -2.05. The highest BCUT2D eigenvalue weighted by Gasteiger charge is 2.51. The van der Waals surface area contributed by atoms with E-state index in [2.05, 4.69) is 14.9 Å². The maximum atomic E-state index is 14.7. The summed E-state index contributed by atoms with van der Waals surface area (Å²) in [6.07, 6.45) is 5.25. The molecule has 0 unspecified atom stereocenters. The van der Waals surface area contributed by atoms with Gasteiger partial charge in [0.1, 0.15) is 23.1 Å². The van der Waals surface area contributed by atoms with E-state index in [1.165, 1.54) is 6.20 Å². The Bertz CT molecular complexity index is 1070. The molecule has 7 nitrogen and oxygen atoms in total. The number of anilines is 1. The van der Waals surface area contributed by atoms with E-state index < -0.39 is 17.5 Å². The summed E-state index contributed by atoms with van der Waals surface area (Å²) in [5, 5.41) is 0. The van der Waals surface area contributed by atoms with E-state index in [0.717, 1.165) is 57.7 Å². The molecule has 1 spiro atoms.